The van der Waals surface area contributed by atoms with Crippen LogP contribution in [-0.2, 0) is 0 Å². The maximum atomic E-state index is 2.46. The van der Waals surface area contributed by atoms with E-state index < -0.39 is 0 Å². The van der Waals surface area contributed by atoms with Gasteiger partial charge in [0.1, 0.15) is 0 Å². The van der Waals surface area contributed by atoms with Gasteiger partial charge in [-0.05, 0) is 190 Å². The highest BCUT2D eigenvalue weighted by molar-refractivity contribution is 6.39. The fourth-order valence-corrected chi connectivity index (χ4v) is 11.0. The average molecular weight is 833 g/mol. The van der Waals surface area contributed by atoms with E-state index in [9.17, 15) is 0 Å². The van der Waals surface area contributed by atoms with E-state index in [2.05, 4.69) is 243 Å². The van der Waals surface area contributed by atoms with Crippen LogP contribution in [0.15, 0.2) is 243 Å². The SMILES string of the molecule is c1ccc2cc(-c3ccc4ccc(-c5ccc6c7ccccc7c7c8cc(-c9ccc%10ccc(-c%11ccc%12ccccc%12c%11)cc%10c9)ccc8c8ccccc8c7c6c5)cc4c3)ccc2c1. The van der Waals surface area contributed by atoms with Gasteiger partial charge in [0.05, 0.1) is 0 Å². The second kappa shape index (κ2) is 14.5. The van der Waals surface area contributed by atoms with E-state index >= 15 is 0 Å². The van der Waals surface area contributed by atoms with Crippen LogP contribution in [0, 0.1) is 0 Å². The molecule has 0 amide bonds. The highest BCUT2D eigenvalue weighted by Gasteiger charge is 2.18. The van der Waals surface area contributed by atoms with E-state index in [1.807, 2.05) is 0 Å². The lowest BCUT2D eigenvalue weighted by molar-refractivity contribution is 1.66. The van der Waals surface area contributed by atoms with Crippen LogP contribution >= 0.6 is 0 Å². The van der Waals surface area contributed by atoms with Crippen molar-refractivity contribution in [1.82, 2.24) is 0 Å². The first-order chi connectivity index (χ1) is 32.7. The molecule has 0 aliphatic rings. The molecule has 304 valence electrons. The third-order valence-corrected chi connectivity index (χ3v) is 14.3. The lowest BCUT2D eigenvalue weighted by Gasteiger charge is -2.18. The largest absolute Gasteiger partial charge is 0.0616 e. The molecule has 14 aromatic rings. The van der Waals surface area contributed by atoms with Crippen molar-refractivity contribution >= 4 is 97.0 Å². The molecule has 0 saturated carbocycles. The van der Waals surface area contributed by atoms with Crippen molar-refractivity contribution in [2.45, 2.75) is 0 Å². The van der Waals surface area contributed by atoms with Gasteiger partial charge >= 0.3 is 0 Å². The van der Waals surface area contributed by atoms with Gasteiger partial charge in [-0.3, -0.25) is 0 Å². The molecular weight excluding hydrogens is 793 g/mol. The monoisotopic (exact) mass is 832 g/mol. The molecular formula is C66H40. The third-order valence-electron chi connectivity index (χ3n) is 14.3. The predicted octanol–water partition coefficient (Wildman–Crippen LogP) is 18.7. The Morgan fingerprint density at radius 2 is 0.379 bits per heavy atom. The van der Waals surface area contributed by atoms with E-state index in [4.69, 9.17) is 0 Å². The summed E-state index contributed by atoms with van der Waals surface area (Å²) in [6.45, 7) is 0. The number of hydrogen-bond donors (Lipinski definition) is 0. The molecule has 14 aromatic carbocycles. The molecule has 0 saturated heterocycles. The van der Waals surface area contributed by atoms with Gasteiger partial charge in [-0.15, -0.1) is 0 Å². The average Bonchev–Trinajstić information content (AvgIpc) is 3.39. The van der Waals surface area contributed by atoms with Crippen LogP contribution in [0.5, 0.6) is 0 Å². The van der Waals surface area contributed by atoms with Crippen LogP contribution in [0.25, 0.3) is 141 Å². The van der Waals surface area contributed by atoms with Gasteiger partial charge in [0.15, 0.2) is 0 Å². The van der Waals surface area contributed by atoms with Gasteiger partial charge < -0.3 is 0 Å². The standard InChI is InChI=1S/C66H40/c1-3-11-45-33-47(23-17-41(45)9-1)49-25-19-43-21-27-51(37-55(43)35-49)53-29-31-59-57-13-5-8-16-62(57)66-64-40-54(30-32-60(64)58-14-6-7-15-61(58)65(66)63(59)39-53)52-28-22-44-20-26-50(36-56(44)38-52)48-24-18-42-10-2-4-12-46(42)34-48/h1-40H. The molecule has 0 bridgehead atoms. The Morgan fingerprint density at radius 1 is 0.136 bits per heavy atom. The molecule has 0 aromatic heterocycles. The molecule has 66 heavy (non-hydrogen) atoms. The fraction of sp³-hybridized carbons (Fsp3) is 0. The van der Waals surface area contributed by atoms with Crippen LogP contribution in [0.1, 0.15) is 0 Å². The lowest BCUT2D eigenvalue weighted by Crippen LogP contribution is -1.90. The van der Waals surface area contributed by atoms with Crippen molar-refractivity contribution in [2.24, 2.45) is 0 Å². The normalized spacial score (nSPS) is 11.9. The van der Waals surface area contributed by atoms with Gasteiger partial charge in [0, 0.05) is 0 Å². The van der Waals surface area contributed by atoms with E-state index in [1.165, 1.54) is 141 Å². The molecule has 0 N–H and O–H groups in total. The Hall–Kier alpha value is -8.58. The van der Waals surface area contributed by atoms with Crippen LogP contribution in [0.4, 0.5) is 0 Å². The summed E-state index contributed by atoms with van der Waals surface area (Å²) < 4.78 is 0. The first-order valence-electron chi connectivity index (χ1n) is 23.0. The minimum absolute atomic E-state index is 1.22. The Balaban J connectivity index is 0.950. The second-order valence-electron chi connectivity index (χ2n) is 18.0. The topological polar surface area (TPSA) is 0 Å². The smallest absolute Gasteiger partial charge is 0.00137 e. The van der Waals surface area contributed by atoms with Crippen LogP contribution in [-0.4, -0.2) is 0 Å². The zero-order valence-electron chi connectivity index (χ0n) is 36.1. The summed E-state index contributed by atoms with van der Waals surface area (Å²) in [7, 11) is 0. The summed E-state index contributed by atoms with van der Waals surface area (Å²) >= 11 is 0. The van der Waals surface area contributed by atoms with E-state index in [1.54, 1.807) is 0 Å². The molecule has 0 fully saturated rings. The summed E-state index contributed by atoms with van der Waals surface area (Å²) in [5, 5.41) is 22.9. The number of fused-ring (bicyclic) bond motifs is 15. The quantitative estimate of drug-likeness (QED) is 0.155. The molecule has 0 unspecified atom stereocenters. The Kier molecular flexibility index (Phi) is 8.08. The number of hydrogen-bond acceptors (Lipinski definition) is 0. The van der Waals surface area contributed by atoms with Crippen LogP contribution in [0.3, 0.4) is 0 Å². The summed E-state index contributed by atoms with van der Waals surface area (Å²) in [5.41, 5.74) is 9.80. The summed E-state index contributed by atoms with van der Waals surface area (Å²) in [5.74, 6) is 0. The van der Waals surface area contributed by atoms with Crippen molar-refractivity contribution < 1.29 is 0 Å². The van der Waals surface area contributed by atoms with Crippen molar-refractivity contribution in [3.8, 4) is 44.5 Å². The maximum absolute atomic E-state index is 2.46. The first kappa shape index (κ1) is 36.9. The van der Waals surface area contributed by atoms with Crippen molar-refractivity contribution in [2.75, 3.05) is 0 Å². The molecule has 14 rings (SSSR count). The molecule has 0 heterocycles. The minimum Gasteiger partial charge on any atom is -0.0616 e. The fourth-order valence-electron chi connectivity index (χ4n) is 11.0. The van der Waals surface area contributed by atoms with Gasteiger partial charge in [0.25, 0.3) is 0 Å². The highest BCUT2D eigenvalue weighted by Crippen LogP contribution is 2.46. The third kappa shape index (κ3) is 5.86. The summed E-state index contributed by atoms with van der Waals surface area (Å²) in [4.78, 5) is 0. The van der Waals surface area contributed by atoms with E-state index in [0.717, 1.165) is 0 Å². The molecule has 0 spiro atoms. The van der Waals surface area contributed by atoms with Crippen molar-refractivity contribution in [1.29, 1.82) is 0 Å². The van der Waals surface area contributed by atoms with Gasteiger partial charge in [-0.25, -0.2) is 0 Å². The van der Waals surface area contributed by atoms with Gasteiger partial charge in [0.2, 0.25) is 0 Å². The van der Waals surface area contributed by atoms with Gasteiger partial charge in [-0.2, -0.15) is 0 Å². The highest BCUT2D eigenvalue weighted by atomic mass is 14.2. The second-order valence-corrected chi connectivity index (χ2v) is 18.0. The Labute approximate surface area is 382 Å². The predicted molar refractivity (Wildman–Crippen MR) is 286 cm³/mol. The van der Waals surface area contributed by atoms with Crippen LogP contribution < -0.4 is 0 Å². The summed E-state index contributed by atoms with van der Waals surface area (Å²) in [6.07, 6.45) is 0. The molecule has 0 atom stereocenters. The molecule has 0 aliphatic heterocycles. The lowest BCUT2D eigenvalue weighted by atomic mass is 9.85. The zero-order valence-corrected chi connectivity index (χ0v) is 36.1. The summed E-state index contributed by atoms with van der Waals surface area (Å²) in [6, 6.07) is 90.7. The van der Waals surface area contributed by atoms with E-state index in [0.29, 0.717) is 0 Å². The van der Waals surface area contributed by atoms with Crippen molar-refractivity contribution in [3.63, 3.8) is 0 Å². The minimum atomic E-state index is 1.22. The molecule has 0 aliphatic carbocycles. The number of benzene rings is 14. The molecule has 0 nitrogen and oxygen atoms in total. The zero-order chi connectivity index (χ0) is 43.3. The number of rotatable bonds is 4. The van der Waals surface area contributed by atoms with Crippen LogP contribution in [0.2, 0.25) is 0 Å². The Morgan fingerprint density at radius 3 is 0.742 bits per heavy atom. The first-order valence-corrected chi connectivity index (χ1v) is 23.0. The Bertz CT molecular complexity index is 4060. The van der Waals surface area contributed by atoms with Gasteiger partial charge in [-0.1, -0.05) is 194 Å². The van der Waals surface area contributed by atoms with E-state index in [-0.39, 0.29) is 0 Å². The maximum Gasteiger partial charge on any atom is -0.00137 e. The molecule has 0 heteroatoms. The van der Waals surface area contributed by atoms with Crippen molar-refractivity contribution in [3.05, 3.63) is 243 Å². The molecule has 0 radical (unpaired) electrons.